The van der Waals surface area contributed by atoms with E-state index in [0.29, 0.717) is 11.4 Å². The normalized spacial score (nSPS) is 10.7. The molecule has 2 N–H and O–H groups in total. The summed E-state index contributed by atoms with van der Waals surface area (Å²) < 4.78 is 15.7. The standard InChI is InChI=1S/C13H9BrFN5/c14-9-2-4-10(5-3-9)20-13(17-18-19-20)8-1-6-11(15)12(16)7-8/h1-7H,16H2. The molecule has 0 saturated carbocycles. The van der Waals surface area contributed by atoms with E-state index >= 15 is 0 Å². The number of aromatic nitrogens is 4. The molecule has 0 aliphatic heterocycles. The number of nitrogen functional groups attached to an aromatic ring is 1. The van der Waals surface area contributed by atoms with Crippen LogP contribution in [0.4, 0.5) is 10.1 Å². The highest BCUT2D eigenvalue weighted by Crippen LogP contribution is 2.23. The molecule has 2 aromatic carbocycles. The van der Waals surface area contributed by atoms with Crippen molar-refractivity contribution >= 4 is 21.6 Å². The highest BCUT2D eigenvalue weighted by atomic mass is 79.9. The number of nitrogens with zero attached hydrogens (tertiary/aromatic N) is 4. The van der Waals surface area contributed by atoms with Crippen LogP contribution in [0.1, 0.15) is 0 Å². The Morgan fingerprint density at radius 1 is 1.10 bits per heavy atom. The average molecular weight is 334 g/mol. The van der Waals surface area contributed by atoms with Crippen LogP contribution >= 0.6 is 15.9 Å². The van der Waals surface area contributed by atoms with Crippen molar-refractivity contribution < 1.29 is 4.39 Å². The maximum Gasteiger partial charge on any atom is 0.187 e. The molecule has 0 radical (unpaired) electrons. The van der Waals surface area contributed by atoms with E-state index in [1.165, 1.54) is 12.1 Å². The van der Waals surface area contributed by atoms with Gasteiger partial charge in [0.05, 0.1) is 11.4 Å². The molecule has 0 bridgehead atoms. The number of halogens is 2. The number of hydrogen-bond donors (Lipinski definition) is 1. The van der Waals surface area contributed by atoms with Gasteiger partial charge >= 0.3 is 0 Å². The van der Waals surface area contributed by atoms with Gasteiger partial charge in [0.15, 0.2) is 5.82 Å². The van der Waals surface area contributed by atoms with Gasteiger partial charge < -0.3 is 5.73 Å². The lowest BCUT2D eigenvalue weighted by Crippen LogP contribution is -2.00. The van der Waals surface area contributed by atoms with Crippen LogP contribution in [0.3, 0.4) is 0 Å². The van der Waals surface area contributed by atoms with Gasteiger partial charge in [-0.1, -0.05) is 15.9 Å². The Kier molecular flexibility index (Phi) is 3.19. The Morgan fingerprint density at radius 3 is 2.55 bits per heavy atom. The zero-order chi connectivity index (χ0) is 14.1. The highest BCUT2D eigenvalue weighted by molar-refractivity contribution is 9.10. The first-order valence-electron chi connectivity index (χ1n) is 5.75. The predicted molar refractivity (Wildman–Crippen MR) is 76.7 cm³/mol. The van der Waals surface area contributed by atoms with E-state index in [0.717, 1.165) is 10.2 Å². The summed E-state index contributed by atoms with van der Waals surface area (Å²) in [6, 6.07) is 11.9. The van der Waals surface area contributed by atoms with Crippen LogP contribution in [0.2, 0.25) is 0 Å². The summed E-state index contributed by atoms with van der Waals surface area (Å²) in [4.78, 5) is 0. The van der Waals surface area contributed by atoms with Crippen LogP contribution in [0.5, 0.6) is 0 Å². The topological polar surface area (TPSA) is 69.6 Å². The minimum atomic E-state index is -0.462. The smallest absolute Gasteiger partial charge is 0.187 e. The van der Waals surface area contributed by atoms with Crippen molar-refractivity contribution in [3.05, 3.63) is 52.8 Å². The Hall–Kier alpha value is -2.28. The van der Waals surface area contributed by atoms with Gasteiger partial charge in [-0.3, -0.25) is 0 Å². The molecular weight excluding hydrogens is 325 g/mol. The van der Waals surface area contributed by atoms with Gasteiger partial charge in [-0.2, -0.15) is 4.68 Å². The van der Waals surface area contributed by atoms with E-state index in [9.17, 15) is 4.39 Å². The van der Waals surface area contributed by atoms with Crippen LogP contribution < -0.4 is 5.73 Å². The first-order chi connectivity index (χ1) is 9.65. The second kappa shape index (κ2) is 5.01. The third-order valence-electron chi connectivity index (χ3n) is 2.79. The zero-order valence-corrected chi connectivity index (χ0v) is 11.7. The highest BCUT2D eigenvalue weighted by Gasteiger charge is 2.12. The van der Waals surface area contributed by atoms with Crippen molar-refractivity contribution in [2.75, 3.05) is 5.73 Å². The molecule has 0 aliphatic carbocycles. The molecule has 20 heavy (non-hydrogen) atoms. The molecule has 7 heteroatoms. The monoisotopic (exact) mass is 333 g/mol. The fourth-order valence-electron chi connectivity index (χ4n) is 1.81. The number of nitrogens with two attached hydrogens (primary N) is 1. The fourth-order valence-corrected chi connectivity index (χ4v) is 2.07. The predicted octanol–water partition coefficient (Wildman–Crippen LogP) is 2.81. The van der Waals surface area contributed by atoms with E-state index in [4.69, 9.17) is 5.73 Å². The first-order valence-corrected chi connectivity index (χ1v) is 6.54. The molecule has 5 nitrogen and oxygen atoms in total. The molecule has 100 valence electrons. The lowest BCUT2D eigenvalue weighted by molar-refractivity contribution is 0.632. The van der Waals surface area contributed by atoms with Crippen LogP contribution in [-0.2, 0) is 0 Å². The summed E-state index contributed by atoms with van der Waals surface area (Å²) in [5.74, 6) is 0.0374. The lowest BCUT2D eigenvalue weighted by atomic mass is 10.2. The molecule has 0 unspecified atom stereocenters. The van der Waals surface area contributed by atoms with Gasteiger partial charge in [0.2, 0.25) is 0 Å². The summed E-state index contributed by atoms with van der Waals surface area (Å²) >= 11 is 3.37. The summed E-state index contributed by atoms with van der Waals surface area (Å²) in [6.07, 6.45) is 0. The Balaban J connectivity index is 2.10. The van der Waals surface area contributed by atoms with Crippen molar-refractivity contribution in [1.29, 1.82) is 0 Å². The zero-order valence-electron chi connectivity index (χ0n) is 10.2. The average Bonchev–Trinajstić information content (AvgIpc) is 2.92. The van der Waals surface area contributed by atoms with Crippen LogP contribution in [0, 0.1) is 5.82 Å². The summed E-state index contributed by atoms with van der Waals surface area (Å²) in [5, 5.41) is 11.6. The third-order valence-corrected chi connectivity index (χ3v) is 3.32. The second-order valence-electron chi connectivity index (χ2n) is 4.13. The molecule has 0 amide bonds. The number of hydrogen-bond acceptors (Lipinski definition) is 4. The number of benzene rings is 2. The third kappa shape index (κ3) is 2.27. The fraction of sp³-hybridized carbons (Fsp3) is 0. The largest absolute Gasteiger partial charge is 0.396 e. The van der Waals surface area contributed by atoms with Crippen molar-refractivity contribution in [3.8, 4) is 17.1 Å². The molecule has 0 saturated heterocycles. The SMILES string of the molecule is Nc1cc(-c2nnnn2-c2ccc(Br)cc2)ccc1F. The van der Waals surface area contributed by atoms with E-state index in [1.54, 1.807) is 10.7 Å². The van der Waals surface area contributed by atoms with Crippen LogP contribution in [-0.4, -0.2) is 20.2 Å². The molecule has 3 aromatic rings. The van der Waals surface area contributed by atoms with Crippen molar-refractivity contribution in [1.82, 2.24) is 20.2 Å². The molecule has 1 aromatic heterocycles. The molecule has 0 spiro atoms. The van der Waals surface area contributed by atoms with Gasteiger partial charge in [-0.25, -0.2) is 4.39 Å². The summed E-state index contributed by atoms with van der Waals surface area (Å²) in [6.45, 7) is 0. The van der Waals surface area contributed by atoms with E-state index < -0.39 is 5.82 Å². The molecule has 0 fully saturated rings. The molecule has 1 heterocycles. The quantitative estimate of drug-likeness (QED) is 0.732. The van der Waals surface area contributed by atoms with Gasteiger partial charge in [0.1, 0.15) is 5.82 Å². The summed E-state index contributed by atoms with van der Waals surface area (Å²) in [5.41, 5.74) is 7.09. The van der Waals surface area contributed by atoms with Crippen LogP contribution in [0.15, 0.2) is 46.9 Å². The van der Waals surface area contributed by atoms with Crippen molar-refractivity contribution in [2.45, 2.75) is 0 Å². The maximum atomic E-state index is 13.2. The maximum absolute atomic E-state index is 13.2. The van der Waals surface area contributed by atoms with Gasteiger partial charge in [-0.15, -0.1) is 5.10 Å². The number of tetrazole rings is 1. The molecule has 0 atom stereocenters. The molecular formula is C13H9BrFN5. The second-order valence-corrected chi connectivity index (χ2v) is 5.04. The van der Waals surface area contributed by atoms with Crippen LogP contribution in [0.25, 0.3) is 17.1 Å². The van der Waals surface area contributed by atoms with E-state index in [-0.39, 0.29) is 5.69 Å². The van der Waals surface area contributed by atoms with E-state index in [2.05, 4.69) is 31.5 Å². The Morgan fingerprint density at radius 2 is 1.85 bits per heavy atom. The van der Waals surface area contributed by atoms with Gasteiger partial charge in [-0.05, 0) is 52.9 Å². The molecule has 0 aliphatic rings. The van der Waals surface area contributed by atoms with E-state index in [1.807, 2.05) is 24.3 Å². The first kappa shape index (κ1) is 12.7. The minimum Gasteiger partial charge on any atom is -0.396 e. The van der Waals surface area contributed by atoms with Gasteiger partial charge in [0, 0.05) is 10.0 Å². The lowest BCUT2D eigenvalue weighted by Gasteiger charge is -2.05. The van der Waals surface area contributed by atoms with Gasteiger partial charge in [0.25, 0.3) is 0 Å². The summed E-state index contributed by atoms with van der Waals surface area (Å²) in [7, 11) is 0. The minimum absolute atomic E-state index is 0.0628. The van der Waals surface area contributed by atoms with Crippen molar-refractivity contribution in [3.63, 3.8) is 0 Å². The molecule has 3 rings (SSSR count). The number of rotatable bonds is 2. The number of anilines is 1. The van der Waals surface area contributed by atoms with Crippen molar-refractivity contribution in [2.24, 2.45) is 0 Å². The Bertz CT molecular complexity index is 754. The Labute approximate surface area is 122 Å².